The molecule has 6 heteroatoms. The van der Waals surface area contributed by atoms with Gasteiger partial charge < -0.3 is 15.4 Å². The first kappa shape index (κ1) is 16.9. The van der Waals surface area contributed by atoms with Crippen molar-refractivity contribution in [3.8, 4) is 5.75 Å². The number of hydrogen-bond donors (Lipinski definition) is 1. The van der Waals surface area contributed by atoms with Gasteiger partial charge in [-0.3, -0.25) is 0 Å². The number of nitrogens with two attached hydrogens (primary N) is 1. The minimum atomic E-state index is -2.95. The van der Waals surface area contributed by atoms with Crippen LogP contribution in [-0.2, 0) is 9.84 Å². The molecule has 1 rings (SSSR count). The second-order valence-electron chi connectivity index (χ2n) is 5.24. The Morgan fingerprint density at radius 2 is 2.05 bits per heavy atom. The number of likely N-dealkylation sites (N-methyl/N-ethyl adjacent to an activating group) is 1. The monoisotopic (exact) mass is 300 g/mol. The molecule has 0 saturated heterocycles. The number of ether oxygens (including phenoxy) is 1. The van der Waals surface area contributed by atoms with Crippen LogP contribution in [0.5, 0.6) is 5.75 Å². The summed E-state index contributed by atoms with van der Waals surface area (Å²) < 4.78 is 27.6. The van der Waals surface area contributed by atoms with Crippen molar-refractivity contribution in [1.29, 1.82) is 0 Å². The highest BCUT2D eigenvalue weighted by Gasteiger charge is 2.15. The molecule has 0 spiro atoms. The molecular weight excluding hydrogens is 276 g/mol. The average molecular weight is 300 g/mol. The van der Waals surface area contributed by atoms with Crippen LogP contribution in [0.3, 0.4) is 0 Å². The van der Waals surface area contributed by atoms with E-state index in [1.54, 1.807) is 7.11 Å². The van der Waals surface area contributed by atoms with E-state index in [9.17, 15) is 8.42 Å². The summed E-state index contributed by atoms with van der Waals surface area (Å²) in [5.74, 6) is 0.904. The van der Waals surface area contributed by atoms with Gasteiger partial charge in [0.2, 0.25) is 0 Å². The van der Waals surface area contributed by atoms with Gasteiger partial charge in [-0.05, 0) is 20.0 Å². The fourth-order valence-corrected chi connectivity index (χ4v) is 2.63. The summed E-state index contributed by atoms with van der Waals surface area (Å²) in [6, 6.07) is 5.67. The lowest BCUT2D eigenvalue weighted by atomic mass is 10.0. The van der Waals surface area contributed by atoms with E-state index in [0.29, 0.717) is 13.1 Å². The SMILES string of the molecule is COc1ccc(C)cc1C(N)CN(C)CCS(C)(=O)=O. The number of sulfone groups is 1. The topological polar surface area (TPSA) is 72.6 Å². The molecule has 114 valence electrons. The minimum Gasteiger partial charge on any atom is -0.496 e. The molecule has 0 saturated carbocycles. The number of aryl methyl sites for hydroxylation is 1. The van der Waals surface area contributed by atoms with Crippen molar-refractivity contribution in [1.82, 2.24) is 4.90 Å². The molecule has 0 aliphatic heterocycles. The van der Waals surface area contributed by atoms with Gasteiger partial charge in [-0.15, -0.1) is 0 Å². The van der Waals surface area contributed by atoms with Crippen LogP contribution < -0.4 is 10.5 Å². The van der Waals surface area contributed by atoms with E-state index >= 15 is 0 Å². The van der Waals surface area contributed by atoms with Gasteiger partial charge >= 0.3 is 0 Å². The van der Waals surface area contributed by atoms with Gasteiger partial charge in [-0.2, -0.15) is 0 Å². The zero-order valence-electron chi connectivity index (χ0n) is 12.6. The van der Waals surface area contributed by atoms with Crippen molar-refractivity contribution in [2.75, 3.05) is 39.3 Å². The number of hydrogen-bond acceptors (Lipinski definition) is 5. The lowest BCUT2D eigenvalue weighted by Crippen LogP contribution is -2.32. The van der Waals surface area contributed by atoms with Gasteiger partial charge in [0.1, 0.15) is 15.6 Å². The van der Waals surface area contributed by atoms with Crippen LogP contribution in [-0.4, -0.2) is 52.6 Å². The standard InChI is InChI=1S/C14H24N2O3S/c1-11-5-6-14(19-3)12(9-11)13(15)10-16(2)7-8-20(4,17)18/h5-6,9,13H,7-8,10,15H2,1-4H3. The maximum atomic E-state index is 11.2. The van der Waals surface area contributed by atoms with Crippen LogP contribution in [0.2, 0.25) is 0 Å². The highest BCUT2D eigenvalue weighted by molar-refractivity contribution is 7.90. The number of benzene rings is 1. The summed E-state index contributed by atoms with van der Waals surface area (Å²) in [6.07, 6.45) is 1.24. The number of nitrogens with zero attached hydrogens (tertiary/aromatic N) is 1. The Kier molecular flexibility index (Phi) is 5.98. The second-order valence-corrected chi connectivity index (χ2v) is 7.50. The first-order valence-corrected chi connectivity index (χ1v) is 8.55. The molecule has 2 N–H and O–H groups in total. The lowest BCUT2D eigenvalue weighted by molar-refractivity contribution is 0.323. The van der Waals surface area contributed by atoms with E-state index in [4.69, 9.17) is 10.5 Å². The van der Waals surface area contributed by atoms with Crippen molar-refractivity contribution in [2.45, 2.75) is 13.0 Å². The first-order chi connectivity index (χ1) is 9.23. The summed E-state index contributed by atoms with van der Waals surface area (Å²) in [5.41, 5.74) is 8.27. The molecule has 1 aromatic rings. The maximum Gasteiger partial charge on any atom is 0.148 e. The Bertz CT molecular complexity index is 543. The van der Waals surface area contributed by atoms with Crippen LogP contribution in [0.15, 0.2) is 18.2 Å². The maximum absolute atomic E-state index is 11.2. The van der Waals surface area contributed by atoms with E-state index in [2.05, 4.69) is 0 Å². The molecule has 0 aliphatic carbocycles. The third-order valence-electron chi connectivity index (χ3n) is 3.14. The van der Waals surface area contributed by atoms with Crippen LogP contribution in [0.1, 0.15) is 17.2 Å². The lowest BCUT2D eigenvalue weighted by Gasteiger charge is -2.22. The third-order valence-corrected chi connectivity index (χ3v) is 4.06. The summed E-state index contributed by atoms with van der Waals surface area (Å²) in [5, 5.41) is 0. The van der Waals surface area contributed by atoms with Gasteiger partial charge in [0.25, 0.3) is 0 Å². The highest BCUT2D eigenvalue weighted by atomic mass is 32.2. The largest absolute Gasteiger partial charge is 0.496 e. The Morgan fingerprint density at radius 3 is 2.60 bits per heavy atom. The molecule has 0 heterocycles. The van der Waals surface area contributed by atoms with Gasteiger partial charge in [-0.25, -0.2) is 8.42 Å². The molecule has 0 bridgehead atoms. The Balaban J connectivity index is 2.71. The molecule has 1 unspecified atom stereocenters. The quantitative estimate of drug-likeness (QED) is 0.812. The van der Waals surface area contributed by atoms with E-state index in [-0.39, 0.29) is 11.8 Å². The fourth-order valence-electron chi connectivity index (χ4n) is 1.99. The highest BCUT2D eigenvalue weighted by Crippen LogP contribution is 2.25. The molecule has 0 aliphatic rings. The van der Waals surface area contributed by atoms with Crippen LogP contribution in [0, 0.1) is 6.92 Å². The molecule has 20 heavy (non-hydrogen) atoms. The van der Waals surface area contributed by atoms with Gasteiger partial charge in [0, 0.05) is 31.0 Å². The molecular formula is C14H24N2O3S. The Labute approximate surface area is 121 Å². The van der Waals surface area contributed by atoms with Crippen molar-refractivity contribution >= 4 is 9.84 Å². The van der Waals surface area contributed by atoms with Crippen molar-refractivity contribution in [2.24, 2.45) is 5.73 Å². The minimum absolute atomic E-state index is 0.140. The summed E-state index contributed by atoms with van der Waals surface area (Å²) in [7, 11) is 0.541. The molecule has 1 aromatic carbocycles. The van der Waals surface area contributed by atoms with E-state index in [1.165, 1.54) is 6.26 Å². The average Bonchev–Trinajstić information content (AvgIpc) is 2.35. The van der Waals surface area contributed by atoms with Crippen LogP contribution >= 0.6 is 0 Å². The van der Waals surface area contributed by atoms with Crippen molar-refractivity contribution < 1.29 is 13.2 Å². The summed E-state index contributed by atoms with van der Waals surface area (Å²) in [6.45, 7) is 3.05. The molecule has 1 atom stereocenters. The zero-order valence-corrected chi connectivity index (χ0v) is 13.4. The van der Waals surface area contributed by atoms with Gasteiger partial charge in [0.05, 0.1) is 12.9 Å². The molecule has 0 fully saturated rings. The van der Waals surface area contributed by atoms with E-state index in [1.807, 2.05) is 37.1 Å². The van der Waals surface area contributed by atoms with Crippen molar-refractivity contribution in [3.63, 3.8) is 0 Å². The number of rotatable bonds is 7. The van der Waals surface area contributed by atoms with Crippen LogP contribution in [0.25, 0.3) is 0 Å². The van der Waals surface area contributed by atoms with Crippen molar-refractivity contribution in [3.05, 3.63) is 29.3 Å². The second kappa shape index (κ2) is 7.06. The molecule has 0 radical (unpaired) electrons. The van der Waals surface area contributed by atoms with E-state index < -0.39 is 9.84 Å². The smallest absolute Gasteiger partial charge is 0.148 e. The normalized spacial score (nSPS) is 13.5. The zero-order chi connectivity index (χ0) is 15.3. The molecule has 5 nitrogen and oxygen atoms in total. The fraction of sp³-hybridized carbons (Fsp3) is 0.571. The first-order valence-electron chi connectivity index (χ1n) is 6.49. The predicted octanol–water partition coefficient (Wildman–Crippen LogP) is 0.980. The van der Waals surface area contributed by atoms with Crippen LogP contribution in [0.4, 0.5) is 0 Å². The van der Waals surface area contributed by atoms with Gasteiger partial charge in [-0.1, -0.05) is 17.7 Å². The summed E-state index contributed by atoms with van der Waals surface area (Å²) >= 11 is 0. The summed E-state index contributed by atoms with van der Waals surface area (Å²) in [4.78, 5) is 1.92. The molecule has 0 aromatic heterocycles. The van der Waals surface area contributed by atoms with E-state index in [0.717, 1.165) is 16.9 Å². The third kappa shape index (κ3) is 5.48. The predicted molar refractivity (Wildman–Crippen MR) is 81.9 cm³/mol. The van der Waals surface area contributed by atoms with Gasteiger partial charge in [0.15, 0.2) is 0 Å². The Morgan fingerprint density at radius 1 is 1.40 bits per heavy atom. The number of methoxy groups -OCH3 is 1. The molecule has 0 amide bonds. The Hall–Kier alpha value is -1.11.